The third-order valence-electron chi connectivity index (χ3n) is 1.84. The zero-order valence-corrected chi connectivity index (χ0v) is 8.05. The molecule has 0 bridgehead atoms. The summed E-state index contributed by atoms with van der Waals surface area (Å²) in [4.78, 5) is 0. The van der Waals surface area contributed by atoms with Crippen molar-refractivity contribution >= 4 is 8.32 Å². The summed E-state index contributed by atoms with van der Waals surface area (Å²) in [6, 6.07) is 0. The number of hydrogen-bond donors (Lipinski definition) is 0. The topological polar surface area (TPSA) is 9.23 Å². The van der Waals surface area contributed by atoms with Crippen LogP contribution in [0.5, 0.6) is 0 Å². The first-order valence-electron chi connectivity index (χ1n) is 3.38. The van der Waals surface area contributed by atoms with Gasteiger partial charge in [0.25, 0.3) is 0 Å². The molecule has 0 heterocycles. The maximum absolute atomic E-state index is 5.38. The number of rotatable bonds is 4. The summed E-state index contributed by atoms with van der Waals surface area (Å²) in [5.41, 5.74) is 0.359. The number of hydrogen-bond acceptors (Lipinski definition) is 1. The molecule has 2 heteroatoms. The smallest absolute Gasteiger partial charge is 0.196 e. The van der Waals surface area contributed by atoms with Crippen molar-refractivity contribution in [1.29, 1.82) is 0 Å². The van der Waals surface area contributed by atoms with Crippen LogP contribution in [0.3, 0.4) is 0 Å². The van der Waals surface area contributed by atoms with Gasteiger partial charge in [0.1, 0.15) is 0 Å². The molecule has 58 valence electrons. The third-order valence-corrected chi connectivity index (χ3v) is 4.97. The van der Waals surface area contributed by atoms with E-state index in [1.165, 1.54) is 0 Å². The summed E-state index contributed by atoms with van der Waals surface area (Å²) in [5.74, 6) is 0. The van der Waals surface area contributed by atoms with Gasteiger partial charge in [-0.1, -0.05) is 12.2 Å². The van der Waals surface area contributed by atoms with Crippen molar-refractivity contribution in [2.24, 2.45) is 0 Å². The Morgan fingerprint density at radius 2 is 1.70 bits per heavy atom. The normalized spacial score (nSPS) is 11.6. The van der Waals surface area contributed by atoms with Crippen molar-refractivity contribution in [1.82, 2.24) is 0 Å². The Morgan fingerprint density at radius 1 is 1.30 bits per heavy atom. The lowest BCUT2D eigenvalue weighted by Gasteiger charge is -2.25. The van der Waals surface area contributed by atoms with Crippen LogP contribution in [-0.2, 0) is 4.43 Å². The lowest BCUT2D eigenvalue weighted by Crippen LogP contribution is -2.33. The second-order valence-corrected chi connectivity index (χ2v) is 7.09. The highest BCUT2D eigenvalue weighted by Gasteiger charge is 2.27. The minimum absolute atomic E-state index is 0.359. The van der Waals surface area contributed by atoms with Gasteiger partial charge in [0.15, 0.2) is 8.32 Å². The van der Waals surface area contributed by atoms with Gasteiger partial charge >= 0.3 is 0 Å². The lowest BCUT2D eigenvalue weighted by atomic mass is 10.4. The highest BCUT2D eigenvalue weighted by atomic mass is 28.4. The molecule has 0 N–H and O–H groups in total. The zero-order valence-electron chi connectivity index (χ0n) is 7.05. The molecule has 0 aromatic carbocycles. The SMILES string of the molecule is C=CC(C=C)[Si](C)(C)OC. The van der Waals surface area contributed by atoms with Crippen molar-refractivity contribution in [3.8, 4) is 0 Å². The van der Waals surface area contributed by atoms with Crippen molar-refractivity contribution < 1.29 is 4.43 Å². The van der Waals surface area contributed by atoms with E-state index in [9.17, 15) is 0 Å². The van der Waals surface area contributed by atoms with Crippen LogP contribution >= 0.6 is 0 Å². The van der Waals surface area contributed by atoms with E-state index in [4.69, 9.17) is 4.43 Å². The molecule has 10 heavy (non-hydrogen) atoms. The van der Waals surface area contributed by atoms with Crippen LogP contribution < -0.4 is 0 Å². The first-order valence-corrected chi connectivity index (χ1v) is 6.37. The van der Waals surface area contributed by atoms with Crippen LogP contribution in [0.4, 0.5) is 0 Å². The summed E-state index contributed by atoms with van der Waals surface area (Å²) in [5, 5.41) is 0. The predicted octanol–water partition coefficient (Wildman–Crippen LogP) is 2.58. The van der Waals surface area contributed by atoms with E-state index in [0.717, 1.165) is 0 Å². The standard InChI is InChI=1S/C8H16OSi/c1-6-8(7-2)10(4,5)9-3/h6-8H,1-2H2,3-5H3. The molecule has 0 saturated heterocycles. The molecule has 0 spiro atoms. The minimum Gasteiger partial charge on any atom is -0.420 e. The molecule has 0 aliphatic heterocycles. The molecular weight excluding hydrogens is 140 g/mol. The first kappa shape index (κ1) is 9.66. The minimum atomic E-state index is -1.54. The van der Waals surface area contributed by atoms with E-state index in [-0.39, 0.29) is 0 Å². The highest BCUT2D eigenvalue weighted by Crippen LogP contribution is 2.23. The Kier molecular flexibility index (Phi) is 3.61. The molecule has 0 aromatic rings. The van der Waals surface area contributed by atoms with E-state index in [1.54, 1.807) is 7.11 Å². The van der Waals surface area contributed by atoms with Gasteiger partial charge in [-0.05, 0) is 13.1 Å². The van der Waals surface area contributed by atoms with E-state index < -0.39 is 8.32 Å². The fourth-order valence-corrected chi connectivity index (χ4v) is 2.21. The summed E-state index contributed by atoms with van der Waals surface area (Å²) in [6.45, 7) is 11.8. The molecule has 0 saturated carbocycles. The summed E-state index contributed by atoms with van der Waals surface area (Å²) in [7, 11) is 0.213. The van der Waals surface area contributed by atoms with Gasteiger partial charge in [-0.2, -0.15) is 0 Å². The predicted molar refractivity (Wildman–Crippen MR) is 48.6 cm³/mol. The maximum Gasteiger partial charge on any atom is 0.196 e. The Labute approximate surface area is 64.5 Å². The second-order valence-electron chi connectivity index (χ2n) is 2.80. The average Bonchev–Trinajstić information content (AvgIpc) is 1.90. The van der Waals surface area contributed by atoms with Crippen molar-refractivity contribution in [3.05, 3.63) is 25.3 Å². The summed E-state index contributed by atoms with van der Waals surface area (Å²) >= 11 is 0. The average molecular weight is 156 g/mol. The quantitative estimate of drug-likeness (QED) is 0.449. The zero-order chi connectivity index (χ0) is 8.20. The molecule has 1 nitrogen and oxygen atoms in total. The Hall–Kier alpha value is -0.343. The van der Waals surface area contributed by atoms with Crippen LogP contribution in [0.1, 0.15) is 0 Å². The Bertz CT molecular complexity index is 121. The molecule has 0 rings (SSSR count). The molecule has 0 unspecified atom stereocenters. The monoisotopic (exact) mass is 156 g/mol. The second kappa shape index (κ2) is 3.74. The van der Waals surface area contributed by atoms with Crippen LogP contribution in [0, 0.1) is 0 Å². The Balaban J connectivity index is 4.24. The van der Waals surface area contributed by atoms with E-state index in [2.05, 4.69) is 26.3 Å². The van der Waals surface area contributed by atoms with E-state index in [0.29, 0.717) is 5.54 Å². The number of allylic oxidation sites excluding steroid dienone is 2. The van der Waals surface area contributed by atoms with Crippen molar-refractivity contribution in [2.75, 3.05) is 7.11 Å². The molecule has 0 aliphatic rings. The van der Waals surface area contributed by atoms with Crippen molar-refractivity contribution in [3.63, 3.8) is 0 Å². The molecule has 0 aromatic heterocycles. The van der Waals surface area contributed by atoms with Gasteiger partial charge < -0.3 is 4.43 Å². The molecular formula is C8H16OSi. The van der Waals surface area contributed by atoms with Gasteiger partial charge in [-0.25, -0.2) is 0 Å². The molecule has 0 radical (unpaired) electrons. The van der Waals surface area contributed by atoms with Gasteiger partial charge in [-0.3, -0.25) is 0 Å². The van der Waals surface area contributed by atoms with E-state index in [1.807, 2.05) is 12.2 Å². The van der Waals surface area contributed by atoms with Crippen LogP contribution in [-0.4, -0.2) is 15.4 Å². The van der Waals surface area contributed by atoms with Gasteiger partial charge in [0, 0.05) is 12.7 Å². The van der Waals surface area contributed by atoms with Gasteiger partial charge in [0.05, 0.1) is 0 Å². The summed E-state index contributed by atoms with van der Waals surface area (Å²) in [6.07, 6.45) is 3.81. The van der Waals surface area contributed by atoms with Gasteiger partial charge in [-0.15, -0.1) is 13.2 Å². The fraction of sp³-hybridized carbons (Fsp3) is 0.500. The highest BCUT2D eigenvalue weighted by molar-refractivity contribution is 6.73. The first-order chi connectivity index (χ1) is 4.58. The lowest BCUT2D eigenvalue weighted by molar-refractivity contribution is 0.401. The molecule has 0 atom stereocenters. The van der Waals surface area contributed by atoms with Crippen LogP contribution in [0.15, 0.2) is 25.3 Å². The molecule has 0 aliphatic carbocycles. The van der Waals surface area contributed by atoms with Crippen molar-refractivity contribution in [2.45, 2.75) is 18.6 Å². The van der Waals surface area contributed by atoms with Crippen LogP contribution in [0.2, 0.25) is 18.6 Å². The largest absolute Gasteiger partial charge is 0.420 e. The molecule has 0 amide bonds. The fourth-order valence-electron chi connectivity index (χ4n) is 0.800. The maximum atomic E-state index is 5.38. The van der Waals surface area contributed by atoms with Crippen LogP contribution in [0.25, 0.3) is 0 Å². The van der Waals surface area contributed by atoms with E-state index >= 15 is 0 Å². The van der Waals surface area contributed by atoms with Gasteiger partial charge in [0.2, 0.25) is 0 Å². The molecule has 0 fully saturated rings. The Morgan fingerprint density at radius 3 is 1.80 bits per heavy atom. The third kappa shape index (κ3) is 2.12. The summed E-state index contributed by atoms with van der Waals surface area (Å²) < 4.78 is 5.38.